The fraction of sp³-hybridized carbons (Fsp3) is 0.222. The second kappa shape index (κ2) is 5.41. The van der Waals surface area contributed by atoms with Gasteiger partial charge in [0.15, 0.2) is 0 Å². The Morgan fingerprint density at radius 2 is 1.20 bits per heavy atom. The molecule has 0 amide bonds. The third kappa shape index (κ3) is 2.18. The van der Waals surface area contributed by atoms with Gasteiger partial charge < -0.3 is 8.83 Å². The summed E-state index contributed by atoms with van der Waals surface area (Å²) in [5, 5.41) is 0. The van der Waals surface area contributed by atoms with E-state index in [0.29, 0.717) is 0 Å². The number of rotatable bonds is 4. The Morgan fingerprint density at radius 1 is 0.750 bits per heavy atom. The van der Waals surface area contributed by atoms with Crippen molar-refractivity contribution in [3.8, 4) is 22.6 Å². The fourth-order valence-electron chi connectivity index (χ4n) is 2.60. The number of furan rings is 2. The van der Waals surface area contributed by atoms with Gasteiger partial charge in [-0.1, -0.05) is 13.8 Å². The summed E-state index contributed by atoms with van der Waals surface area (Å²) >= 11 is 0. The lowest BCUT2D eigenvalue weighted by atomic mass is 9.93. The zero-order valence-electron chi connectivity index (χ0n) is 11.8. The van der Waals surface area contributed by atoms with Gasteiger partial charge in [-0.3, -0.25) is 0 Å². The van der Waals surface area contributed by atoms with Gasteiger partial charge in [0, 0.05) is 11.1 Å². The van der Waals surface area contributed by atoms with Crippen LogP contribution in [0.15, 0.2) is 57.8 Å². The second-order valence-electron chi connectivity index (χ2n) is 4.83. The molecule has 0 radical (unpaired) electrons. The van der Waals surface area contributed by atoms with Crippen LogP contribution in [0.3, 0.4) is 0 Å². The molecule has 2 heterocycles. The molecule has 0 N–H and O–H groups in total. The average molecular weight is 266 g/mol. The van der Waals surface area contributed by atoms with E-state index in [9.17, 15) is 0 Å². The highest BCUT2D eigenvalue weighted by molar-refractivity contribution is 5.72. The van der Waals surface area contributed by atoms with Gasteiger partial charge in [0.2, 0.25) is 0 Å². The van der Waals surface area contributed by atoms with Crippen LogP contribution in [0.1, 0.15) is 25.0 Å². The minimum atomic E-state index is 0.933. The molecular weight excluding hydrogens is 248 g/mol. The summed E-state index contributed by atoms with van der Waals surface area (Å²) in [6.07, 6.45) is 5.38. The van der Waals surface area contributed by atoms with Crippen LogP contribution in [-0.4, -0.2) is 0 Å². The molecule has 20 heavy (non-hydrogen) atoms. The van der Waals surface area contributed by atoms with Crippen molar-refractivity contribution < 1.29 is 8.83 Å². The molecule has 102 valence electrons. The van der Waals surface area contributed by atoms with Crippen LogP contribution in [0.2, 0.25) is 0 Å². The quantitative estimate of drug-likeness (QED) is 0.637. The molecule has 0 unspecified atom stereocenters. The van der Waals surface area contributed by atoms with Crippen molar-refractivity contribution in [2.24, 2.45) is 0 Å². The van der Waals surface area contributed by atoms with E-state index in [2.05, 4.69) is 26.0 Å². The summed E-state index contributed by atoms with van der Waals surface area (Å²) in [4.78, 5) is 0. The average Bonchev–Trinajstić information content (AvgIpc) is 3.18. The Bertz CT molecular complexity index is 615. The van der Waals surface area contributed by atoms with Crippen LogP contribution in [0, 0.1) is 0 Å². The standard InChI is InChI=1S/C18H18O2/c1-3-13-11-16(18-8-6-10-20-18)14(4-2)12-15(13)17-7-5-9-19-17/h5-12H,3-4H2,1-2H3. The molecule has 3 rings (SSSR count). The lowest BCUT2D eigenvalue weighted by Gasteiger charge is -2.12. The highest BCUT2D eigenvalue weighted by atomic mass is 16.3. The van der Waals surface area contributed by atoms with E-state index in [1.807, 2.05) is 24.3 Å². The normalized spacial score (nSPS) is 10.9. The summed E-state index contributed by atoms with van der Waals surface area (Å²) in [5.74, 6) is 1.87. The molecule has 3 aromatic rings. The van der Waals surface area contributed by atoms with Crippen LogP contribution in [-0.2, 0) is 12.8 Å². The van der Waals surface area contributed by atoms with E-state index < -0.39 is 0 Å². The maximum Gasteiger partial charge on any atom is 0.134 e. The van der Waals surface area contributed by atoms with Crippen molar-refractivity contribution in [2.45, 2.75) is 26.7 Å². The summed E-state index contributed by atoms with van der Waals surface area (Å²) in [6.45, 7) is 4.33. The Labute approximate surface area is 119 Å². The first-order valence-corrected chi connectivity index (χ1v) is 7.07. The van der Waals surface area contributed by atoms with Crippen LogP contribution in [0.4, 0.5) is 0 Å². The SMILES string of the molecule is CCc1cc(-c2ccco2)c(CC)cc1-c1ccco1. The van der Waals surface area contributed by atoms with Crippen LogP contribution in [0.5, 0.6) is 0 Å². The largest absolute Gasteiger partial charge is 0.464 e. The van der Waals surface area contributed by atoms with Crippen LogP contribution >= 0.6 is 0 Å². The van der Waals surface area contributed by atoms with Gasteiger partial charge in [-0.05, 0) is 60.4 Å². The Hall–Kier alpha value is -2.22. The van der Waals surface area contributed by atoms with Crippen LogP contribution in [0.25, 0.3) is 22.6 Å². The van der Waals surface area contributed by atoms with Crippen molar-refractivity contribution in [3.63, 3.8) is 0 Å². The molecular formula is C18H18O2. The zero-order valence-corrected chi connectivity index (χ0v) is 11.8. The first-order valence-electron chi connectivity index (χ1n) is 7.07. The molecule has 0 atom stereocenters. The Balaban J connectivity index is 2.19. The molecule has 2 aromatic heterocycles. The monoisotopic (exact) mass is 266 g/mol. The maximum absolute atomic E-state index is 5.57. The summed E-state index contributed by atoms with van der Waals surface area (Å²) in [6, 6.07) is 12.4. The van der Waals surface area contributed by atoms with Gasteiger partial charge >= 0.3 is 0 Å². The number of aryl methyl sites for hydroxylation is 2. The lowest BCUT2D eigenvalue weighted by molar-refractivity contribution is 0.579. The summed E-state index contributed by atoms with van der Waals surface area (Å²) in [7, 11) is 0. The zero-order chi connectivity index (χ0) is 13.9. The first-order chi connectivity index (χ1) is 9.83. The van der Waals surface area contributed by atoms with Gasteiger partial charge in [-0.25, -0.2) is 0 Å². The van der Waals surface area contributed by atoms with E-state index in [-0.39, 0.29) is 0 Å². The van der Waals surface area contributed by atoms with Gasteiger partial charge in [-0.15, -0.1) is 0 Å². The van der Waals surface area contributed by atoms with Crippen molar-refractivity contribution in [1.82, 2.24) is 0 Å². The molecule has 0 saturated carbocycles. The highest BCUT2D eigenvalue weighted by Crippen LogP contribution is 2.33. The van der Waals surface area contributed by atoms with E-state index in [1.54, 1.807) is 12.5 Å². The van der Waals surface area contributed by atoms with Gasteiger partial charge in [0.25, 0.3) is 0 Å². The molecule has 0 saturated heterocycles. The molecule has 0 aliphatic heterocycles. The number of hydrogen-bond acceptors (Lipinski definition) is 2. The molecule has 0 aliphatic carbocycles. The molecule has 0 aliphatic rings. The topological polar surface area (TPSA) is 26.3 Å². The number of hydrogen-bond donors (Lipinski definition) is 0. The van der Waals surface area contributed by atoms with E-state index >= 15 is 0 Å². The third-order valence-corrected chi connectivity index (χ3v) is 3.66. The van der Waals surface area contributed by atoms with Crippen LogP contribution < -0.4 is 0 Å². The van der Waals surface area contributed by atoms with E-state index in [4.69, 9.17) is 8.83 Å². The molecule has 1 aromatic carbocycles. The maximum atomic E-state index is 5.57. The molecule has 2 nitrogen and oxygen atoms in total. The predicted octanol–water partition coefficient (Wildman–Crippen LogP) is 5.33. The third-order valence-electron chi connectivity index (χ3n) is 3.66. The summed E-state index contributed by atoms with van der Waals surface area (Å²) in [5.41, 5.74) is 4.93. The molecule has 2 heteroatoms. The predicted molar refractivity (Wildman–Crippen MR) is 80.6 cm³/mol. The molecule has 0 bridgehead atoms. The van der Waals surface area contributed by atoms with Crippen molar-refractivity contribution in [3.05, 3.63) is 60.1 Å². The van der Waals surface area contributed by atoms with E-state index in [1.165, 1.54) is 22.3 Å². The Kier molecular flexibility index (Phi) is 3.46. The minimum Gasteiger partial charge on any atom is -0.464 e. The van der Waals surface area contributed by atoms with Gasteiger partial charge in [0.05, 0.1) is 12.5 Å². The molecule has 0 fully saturated rings. The van der Waals surface area contributed by atoms with Gasteiger partial charge in [0.1, 0.15) is 11.5 Å². The summed E-state index contributed by atoms with van der Waals surface area (Å²) < 4.78 is 11.1. The fourth-order valence-corrected chi connectivity index (χ4v) is 2.60. The molecule has 0 spiro atoms. The van der Waals surface area contributed by atoms with Crippen molar-refractivity contribution in [2.75, 3.05) is 0 Å². The number of benzene rings is 1. The first kappa shape index (κ1) is 12.8. The lowest BCUT2D eigenvalue weighted by Crippen LogP contribution is -1.94. The second-order valence-corrected chi connectivity index (χ2v) is 4.83. The minimum absolute atomic E-state index is 0.933. The highest BCUT2D eigenvalue weighted by Gasteiger charge is 2.14. The van der Waals surface area contributed by atoms with Gasteiger partial charge in [-0.2, -0.15) is 0 Å². The van der Waals surface area contributed by atoms with Crippen molar-refractivity contribution in [1.29, 1.82) is 0 Å². The Morgan fingerprint density at radius 3 is 1.50 bits per heavy atom. The smallest absolute Gasteiger partial charge is 0.134 e. The van der Waals surface area contributed by atoms with Crippen molar-refractivity contribution >= 4 is 0 Å². The van der Waals surface area contributed by atoms with E-state index in [0.717, 1.165) is 24.4 Å².